The Bertz CT molecular complexity index is 2920. The quantitative estimate of drug-likeness (QED) is 0.166. The third-order valence-corrected chi connectivity index (χ3v) is 10.5. The van der Waals surface area contributed by atoms with E-state index >= 15 is 0 Å². The molecule has 1 aromatic heterocycles. The summed E-state index contributed by atoms with van der Waals surface area (Å²) in [5, 5.41) is 4.60. The molecule has 0 aliphatic carbocycles. The highest BCUT2D eigenvalue weighted by molar-refractivity contribution is 6.15. The maximum absolute atomic E-state index is 6.52. The highest BCUT2D eigenvalue weighted by atomic mass is 16.3. The van der Waals surface area contributed by atoms with Gasteiger partial charge < -0.3 is 9.32 Å². The van der Waals surface area contributed by atoms with E-state index in [2.05, 4.69) is 211 Å². The van der Waals surface area contributed by atoms with Gasteiger partial charge in [0.1, 0.15) is 11.2 Å². The lowest BCUT2D eigenvalue weighted by Gasteiger charge is -2.31. The zero-order valence-corrected chi connectivity index (χ0v) is 29.6. The van der Waals surface area contributed by atoms with Crippen LogP contribution in [0.5, 0.6) is 0 Å². The van der Waals surface area contributed by atoms with Crippen molar-refractivity contribution in [3.63, 3.8) is 0 Å². The lowest BCUT2D eigenvalue weighted by atomic mass is 9.90. The third kappa shape index (κ3) is 5.44. The standard InChI is InChI=1S/C52H35NO/c1-4-17-36(18-5-1)40-33-34-47(45(35-40)38-21-8-3-9-22-38)53(48-30-16-32-50-52(48)44-26-11-13-31-49(44)54-50)46-29-12-10-25-42(46)43-28-15-24-39-23-14-27-41(51(39)43)37-19-6-2-7-20-37/h1-35H. The third-order valence-electron chi connectivity index (χ3n) is 10.5. The average Bonchev–Trinajstić information content (AvgIpc) is 3.64. The van der Waals surface area contributed by atoms with Gasteiger partial charge in [0.25, 0.3) is 0 Å². The normalized spacial score (nSPS) is 11.3. The van der Waals surface area contributed by atoms with Crippen LogP contribution in [0, 0.1) is 0 Å². The minimum absolute atomic E-state index is 0.856. The van der Waals surface area contributed by atoms with Crippen LogP contribution in [0.1, 0.15) is 0 Å². The molecular formula is C52H35NO. The van der Waals surface area contributed by atoms with E-state index in [4.69, 9.17) is 4.42 Å². The Hall–Kier alpha value is -7.16. The monoisotopic (exact) mass is 689 g/mol. The molecule has 0 bridgehead atoms. The fourth-order valence-electron chi connectivity index (χ4n) is 8.04. The van der Waals surface area contributed by atoms with Crippen LogP contribution in [0.15, 0.2) is 217 Å². The van der Waals surface area contributed by atoms with Gasteiger partial charge in [0.2, 0.25) is 0 Å². The molecule has 2 heteroatoms. The predicted molar refractivity (Wildman–Crippen MR) is 228 cm³/mol. The minimum atomic E-state index is 0.856. The van der Waals surface area contributed by atoms with Crippen molar-refractivity contribution in [2.24, 2.45) is 0 Å². The van der Waals surface area contributed by atoms with Gasteiger partial charge in [-0.1, -0.05) is 176 Å². The van der Waals surface area contributed by atoms with Crippen LogP contribution in [0.4, 0.5) is 17.1 Å². The highest BCUT2D eigenvalue weighted by Crippen LogP contribution is 2.50. The largest absolute Gasteiger partial charge is 0.456 e. The van der Waals surface area contributed by atoms with E-state index in [0.29, 0.717) is 0 Å². The van der Waals surface area contributed by atoms with Crippen molar-refractivity contribution in [2.45, 2.75) is 0 Å². The van der Waals surface area contributed by atoms with Gasteiger partial charge in [0, 0.05) is 16.5 Å². The van der Waals surface area contributed by atoms with Crippen molar-refractivity contribution in [1.29, 1.82) is 0 Å². The van der Waals surface area contributed by atoms with Crippen LogP contribution in [-0.2, 0) is 0 Å². The van der Waals surface area contributed by atoms with Crippen molar-refractivity contribution < 1.29 is 4.42 Å². The molecule has 0 aliphatic rings. The van der Waals surface area contributed by atoms with Crippen molar-refractivity contribution in [3.8, 4) is 44.5 Å². The number of hydrogen-bond acceptors (Lipinski definition) is 2. The second-order valence-electron chi connectivity index (χ2n) is 13.6. The molecule has 10 rings (SSSR count). The Balaban J connectivity index is 1.31. The number of benzene rings is 9. The van der Waals surface area contributed by atoms with E-state index in [0.717, 1.165) is 55.7 Å². The molecule has 0 spiro atoms. The smallest absolute Gasteiger partial charge is 0.137 e. The van der Waals surface area contributed by atoms with E-state index < -0.39 is 0 Å². The van der Waals surface area contributed by atoms with Gasteiger partial charge in [0.15, 0.2) is 0 Å². The van der Waals surface area contributed by atoms with Crippen LogP contribution in [0.25, 0.3) is 77.2 Å². The molecule has 54 heavy (non-hydrogen) atoms. The average molecular weight is 690 g/mol. The van der Waals surface area contributed by atoms with Crippen LogP contribution in [0.3, 0.4) is 0 Å². The van der Waals surface area contributed by atoms with E-state index in [1.807, 2.05) is 6.07 Å². The SMILES string of the molecule is c1ccc(-c2ccc(N(c3ccccc3-c3cccc4cccc(-c5ccccc5)c34)c3cccc4oc5ccccc5c34)c(-c3ccccc3)c2)cc1. The Morgan fingerprint density at radius 3 is 1.59 bits per heavy atom. The second kappa shape index (κ2) is 13.4. The molecule has 254 valence electrons. The fraction of sp³-hybridized carbons (Fsp3) is 0. The first-order chi connectivity index (χ1) is 26.8. The van der Waals surface area contributed by atoms with Gasteiger partial charge in [-0.3, -0.25) is 0 Å². The molecule has 9 aromatic carbocycles. The van der Waals surface area contributed by atoms with Gasteiger partial charge >= 0.3 is 0 Å². The van der Waals surface area contributed by atoms with Crippen molar-refractivity contribution in [1.82, 2.24) is 0 Å². The first-order valence-electron chi connectivity index (χ1n) is 18.4. The van der Waals surface area contributed by atoms with Crippen molar-refractivity contribution in [2.75, 3.05) is 4.90 Å². The molecule has 0 atom stereocenters. The zero-order chi connectivity index (χ0) is 35.8. The Labute approximate surface area is 314 Å². The van der Waals surface area contributed by atoms with Crippen molar-refractivity contribution >= 4 is 49.8 Å². The number of furan rings is 1. The van der Waals surface area contributed by atoms with Crippen LogP contribution in [-0.4, -0.2) is 0 Å². The summed E-state index contributed by atoms with van der Waals surface area (Å²) >= 11 is 0. The topological polar surface area (TPSA) is 16.4 Å². The maximum atomic E-state index is 6.52. The number of nitrogens with zero attached hydrogens (tertiary/aromatic N) is 1. The lowest BCUT2D eigenvalue weighted by molar-refractivity contribution is 0.669. The molecule has 10 aromatic rings. The van der Waals surface area contributed by atoms with Crippen LogP contribution < -0.4 is 4.90 Å². The molecule has 0 saturated carbocycles. The second-order valence-corrected chi connectivity index (χ2v) is 13.6. The van der Waals surface area contributed by atoms with Crippen LogP contribution >= 0.6 is 0 Å². The van der Waals surface area contributed by atoms with E-state index in [1.54, 1.807) is 0 Å². The molecule has 0 unspecified atom stereocenters. The Morgan fingerprint density at radius 2 is 0.833 bits per heavy atom. The summed E-state index contributed by atoms with van der Waals surface area (Å²) in [6.45, 7) is 0. The van der Waals surface area contributed by atoms with Crippen molar-refractivity contribution in [3.05, 3.63) is 212 Å². The predicted octanol–water partition coefficient (Wildman–Crippen LogP) is 14.9. The summed E-state index contributed by atoms with van der Waals surface area (Å²) in [7, 11) is 0. The molecule has 0 fully saturated rings. The van der Waals surface area contributed by atoms with Gasteiger partial charge in [-0.05, 0) is 80.6 Å². The fourth-order valence-corrected chi connectivity index (χ4v) is 8.04. The summed E-state index contributed by atoms with van der Waals surface area (Å²) in [5.41, 5.74) is 14.3. The Kier molecular flexibility index (Phi) is 7.85. The van der Waals surface area contributed by atoms with E-state index in [9.17, 15) is 0 Å². The molecule has 0 amide bonds. The lowest BCUT2D eigenvalue weighted by Crippen LogP contribution is -2.13. The summed E-state index contributed by atoms with van der Waals surface area (Å²) in [4.78, 5) is 2.46. The minimum Gasteiger partial charge on any atom is -0.456 e. The summed E-state index contributed by atoms with van der Waals surface area (Å²) < 4.78 is 6.52. The van der Waals surface area contributed by atoms with Gasteiger partial charge in [-0.15, -0.1) is 0 Å². The number of rotatable bonds is 7. The van der Waals surface area contributed by atoms with Gasteiger partial charge in [0.05, 0.1) is 22.4 Å². The molecule has 1 heterocycles. The molecular weight excluding hydrogens is 655 g/mol. The zero-order valence-electron chi connectivity index (χ0n) is 29.6. The Morgan fingerprint density at radius 1 is 0.296 bits per heavy atom. The maximum Gasteiger partial charge on any atom is 0.137 e. The molecule has 0 aliphatic heterocycles. The molecule has 0 N–H and O–H groups in total. The number of fused-ring (bicyclic) bond motifs is 4. The van der Waals surface area contributed by atoms with E-state index in [-0.39, 0.29) is 0 Å². The highest BCUT2D eigenvalue weighted by Gasteiger charge is 2.25. The number of para-hydroxylation sites is 2. The van der Waals surface area contributed by atoms with E-state index in [1.165, 1.54) is 38.6 Å². The summed E-state index contributed by atoms with van der Waals surface area (Å²) in [6.07, 6.45) is 0. The number of hydrogen-bond donors (Lipinski definition) is 0. The first-order valence-corrected chi connectivity index (χ1v) is 18.4. The van der Waals surface area contributed by atoms with Gasteiger partial charge in [-0.25, -0.2) is 0 Å². The van der Waals surface area contributed by atoms with Gasteiger partial charge in [-0.2, -0.15) is 0 Å². The van der Waals surface area contributed by atoms with Crippen LogP contribution in [0.2, 0.25) is 0 Å². The summed E-state index contributed by atoms with van der Waals surface area (Å²) in [5.74, 6) is 0. The summed E-state index contributed by atoms with van der Waals surface area (Å²) in [6, 6.07) is 76.0. The molecule has 2 nitrogen and oxygen atoms in total. The number of anilines is 3. The molecule has 0 saturated heterocycles. The molecule has 0 radical (unpaired) electrons. The first kappa shape index (κ1) is 31.6.